The first kappa shape index (κ1) is 26.3. The fourth-order valence-electron chi connectivity index (χ4n) is 5.19. The second-order valence-corrected chi connectivity index (χ2v) is 10.1. The molecule has 0 saturated carbocycles. The summed E-state index contributed by atoms with van der Waals surface area (Å²) >= 11 is 0. The van der Waals surface area contributed by atoms with E-state index >= 15 is 0 Å². The van der Waals surface area contributed by atoms with Crippen LogP contribution < -0.4 is 4.90 Å². The summed E-state index contributed by atoms with van der Waals surface area (Å²) in [4.78, 5) is 2.26. The van der Waals surface area contributed by atoms with Crippen molar-refractivity contribution in [3.8, 4) is 33.4 Å². The van der Waals surface area contributed by atoms with Gasteiger partial charge in [-0.15, -0.1) is 0 Å². The molecule has 0 radical (unpaired) electrons. The SMILES string of the molecule is OCc1cccc(-c2ccc(N(c3ccc(-c4ccccc4)cc3)c3ccc(-c4cccc(CO)c4)cc3)cc2)c1. The van der Waals surface area contributed by atoms with Gasteiger partial charge in [0.05, 0.1) is 13.2 Å². The van der Waals surface area contributed by atoms with E-state index in [0.29, 0.717) is 0 Å². The summed E-state index contributed by atoms with van der Waals surface area (Å²) in [6, 6.07) is 52.2. The largest absolute Gasteiger partial charge is 0.392 e. The fourth-order valence-corrected chi connectivity index (χ4v) is 5.19. The Labute approximate surface area is 241 Å². The lowest BCUT2D eigenvalue weighted by Gasteiger charge is -2.26. The quantitative estimate of drug-likeness (QED) is 0.205. The van der Waals surface area contributed by atoms with E-state index < -0.39 is 0 Å². The molecule has 0 amide bonds. The molecular weight excluding hydrogens is 502 g/mol. The van der Waals surface area contributed by atoms with Crippen LogP contribution in [0.2, 0.25) is 0 Å². The zero-order valence-electron chi connectivity index (χ0n) is 22.7. The molecule has 0 heterocycles. The van der Waals surface area contributed by atoms with Gasteiger partial charge in [-0.25, -0.2) is 0 Å². The van der Waals surface area contributed by atoms with Crippen LogP contribution in [0.1, 0.15) is 11.1 Å². The van der Waals surface area contributed by atoms with Crippen molar-refractivity contribution in [1.82, 2.24) is 0 Å². The van der Waals surface area contributed by atoms with Gasteiger partial charge in [0.15, 0.2) is 0 Å². The Morgan fingerprint density at radius 2 is 0.683 bits per heavy atom. The maximum absolute atomic E-state index is 9.57. The summed E-state index contributed by atoms with van der Waals surface area (Å²) < 4.78 is 0. The molecule has 6 rings (SSSR count). The highest BCUT2D eigenvalue weighted by Gasteiger charge is 2.14. The molecule has 200 valence electrons. The summed E-state index contributed by atoms with van der Waals surface area (Å²) in [7, 11) is 0. The van der Waals surface area contributed by atoms with Gasteiger partial charge in [0.2, 0.25) is 0 Å². The third kappa shape index (κ3) is 5.82. The van der Waals surface area contributed by atoms with E-state index in [4.69, 9.17) is 0 Å². The highest BCUT2D eigenvalue weighted by molar-refractivity contribution is 5.81. The molecule has 0 aliphatic rings. The maximum Gasteiger partial charge on any atom is 0.0682 e. The summed E-state index contributed by atoms with van der Waals surface area (Å²) in [5, 5.41) is 19.1. The third-order valence-electron chi connectivity index (χ3n) is 7.37. The molecular formula is C38H31NO2. The lowest BCUT2D eigenvalue weighted by molar-refractivity contribution is 0.281. The Morgan fingerprint density at radius 3 is 1.07 bits per heavy atom. The normalized spacial score (nSPS) is 10.9. The van der Waals surface area contributed by atoms with Crippen LogP contribution in [0.3, 0.4) is 0 Å². The van der Waals surface area contributed by atoms with Crippen molar-refractivity contribution in [3.05, 3.63) is 163 Å². The van der Waals surface area contributed by atoms with E-state index in [1.54, 1.807) is 0 Å². The summed E-state index contributed by atoms with van der Waals surface area (Å²) in [6.45, 7) is 0.0535. The van der Waals surface area contributed by atoms with Gasteiger partial charge in [-0.2, -0.15) is 0 Å². The van der Waals surface area contributed by atoms with Crippen LogP contribution in [0.5, 0.6) is 0 Å². The number of nitrogens with zero attached hydrogens (tertiary/aromatic N) is 1. The van der Waals surface area contributed by atoms with E-state index in [9.17, 15) is 10.2 Å². The minimum Gasteiger partial charge on any atom is -0.392 e. The van der Waals surface area contributed by atoms with Crippen LogP contribution in [0.15, 0.2) is 152 Å². The van der Waals surface area contributed by atoms with Crippen LogP contribution in [-0.2, 0) is 13.2 Å². The van der Waals surface area contributed by atoms with Gasteiger partial charge in [0, 0.05) is 17.1 Å². The van der Waals surface area contributed by atoms with E-state index in [-0.39, 0.29) is 13.2 Å². The zero-order chi connectivity index (χ0) is 28.0. The first-order valence-corrected chi connectivity index (χ1v) is 13.8. The zero-order valence-corrected chi connectivity index (χ0v) is 22.7. The van der Waals surface area contributed by atoms with Crippen molar-refractivity contribution in [2.75, 3.05) is 4.90 Å². The Morgan fingerprint density at radius 1 is 0.341 bits per heavy atom. The van der Waals surface area contributed by atoms with E-state index in [1.165, 1.54) is 11.1 Å². The Bertz CT molecular complexity index is 1630. The van der Waals surface area contributed by atoms with Crippen molar-refractivity contribution in [3.63, 3.8) is 0 Å². The van der Waals surface area contributed by atoms with Crippen molar-refractivity contribution in [1.29, 1.82) is 0 Å². The molecule has 0 aliphatic heterocycles. The van der Waals surface area contributed by atoms with Crippen LogP contribution in [0, 0.1) is 0 Å². The molecule has 0 saturated heterocycles. The number of hydrogen-bond acceptors (Lipinski definition) is 3. The summed E-state index contributed by atoms with van der Waals surface area (Å²) in [5.74, 6) is 0. The van der Waals surface area contributed by atoms with Gasteiger partial charge in [-0.05, 0) is 93.0 Å². The van der Waals surface area contributed by atoms with Gasteiger partial charge in [-0.1, -0.05) is 103 Å². The molecule has 41 heavy (non-hydrogen) atoms. The molecule has 0 unspecified atom stereocenters. The number of anilines is 3. The van der Waals surface area contributed by atoms with Crippen molar-refractivity contribution in [2.45, 2.75) is 13.2 Å². The number of hydrogen-bond donors (Lipinski definition) is 2. The molecule has 0 bridgehead atoms. The monoisotopic (exact) mass is 533 g/mol. The minimum absolute atomic E-state index is 0.0268. The van der Waals surface area contributed by atoms with Crippen molar-refractivity contribution in [2.24, 2.45) is 0 Å². The van der Waals surface area contributed by atoms with Crippen LogP contribution in [0.25, 0.3) is 33.4 Å². The molecule has 0 spiro atoms. The molecule has 0 aliphatic carbocycles. The van der Waals surface area contributed by atoms with E-state index in [1.807, 2.05) is 42.5 Å². The first-order valence-electron chi connectivity index (χ1n) is 13.8. The third-order valence-corrected chi connectivity index (χ3v) is 7.37. The number of rotatable bonds is 8. The lowest BCUT2D eigenvalue weighted by atomic mass is 10.0. The fraction of sp³-hybridized carbons (Fsp3) is 0.0526. The molecule has 0 atom stereocenters. The molecule has 3 heteroatoms. The van der Waals surface area contributed by atoms with Gasteiger partial charge in [0.1, 0.15) is 0 Å². The maximum atomic E-state index is 9.57. The standard InChI is InChI=1S/C38H31NO2/c40-26-28-6-4-10-34(24-28)32-14-20-37(21-15-32)39(36-18-12-31(13-19-36)30-8-2-1-3-9-30)38-22-16-33(17-23-38)35-11-5-7-29(25-35)27-41/h1-25,40-41H,26-27H2. The number of aliphatic hydroxyl groups is 2. The Hall–Kier alpha value is -4.96. The second kappa shape index (κ2) is 12.1. The first-order chi connectivity index (χ1) is 20.2. The number of aliphatic hydroxyl groups excluding tert-OH is 2. The second-order valence-electron chi connectivity index (χ2n) is 10.1. The average molecular weight is 534 g/mol. The molecule has 0 fully saturated rings. The van der Waals surface area contributed by atoms with Gasteiger partial charge in [-0.3, -0.25) is 0 Å². The Balaban J connectivity index is 1.37. The summed E-state index contributed by atoms with van der Waals surface area (Å²) in [5.41, 5.74) is 11.7. The highest BCUT2D eigenvalue weighted by atomic mass is 16.3. The van der Waals surface area contributed by atoms with Crippen LogP contribution in [-0.4, -0.2) is 10.2 Å². The van der Waals surface area contributed by atoms with Gasteiger partial charge < -0.3 is 15.1 Å². The Kier molecular flexibility index (Phi) is 7.72. The van der Waals surface area contributed by atoms with Crippen molar-refractivity contribution >= 4 is 17.1 Å². The average Bonchev–Trinajstić information content (AvgIpc) is 3.06. The summed E-state index contributed by atoms with van der Waals surface area (Å²) in [6.07, 6.45) is 0. The smallest absolute Gasteiger partial charge is 0.0682 e. The van der Waals surface area contributed by atoms with Gasteiger partial charge >= 0.3 is 0 Å². The van der Waals surface area contributed by atoms with Crippen LogP contribution >= 0.6 is 0 Å². The molecule has 3 nitrogen and oxygen atoms in total. The predicted octanol–water partition coefficient (Wildman–Crippen LogP) is 9.14. The lowest BCUT2D eigenvalue weighted by Crippen LogP contribution is -2.09. The highest BCUT2D eigenvalue weighted by Crippen LogP contribution is 2.37. The minimum atomic E-state index is 0.0268. The topological polar surface area (TPSA) is 43.7 Å². The predicted molar refractivity (Wildman–Crippen MR) is 169 cm³/mol. The molecule has 6 aromatic carbocycles. The molecule has 0 aromatic heterocycles. The number of benzene rings is 6. The van der Waals surface area contributed by atoms with Gasteiger partial charge in [0.25, 0.3) is 0 Å². The van der Waals surface area contributed by atoms with Crippen molar-refractivity contribution < 1.29 is 10.2 Å². The van der Waals surface area contributed by atoms with Crippen LogP contribution in [0.4, 0.5) is 17.1 Å². The van der Waals surface area contributed by atoms with E-state index in [2.05, 4.69) is 114 Å². The molecule has 6 aromatic rings. The van der Waals surface area contributed by atoms with E-state index in [0.717, 1.165) is 50.4 Å². The molecule has 2 N–H and O–H groups in total.